The van der Waals surface area contributed by atoms with Crippen molar-refractivity contribution in [3.63, 3.8) is 0 Å². The van der Waals surface area contributed by atoms with E-state index in [0.29, 0.717) is 11.4 Å². The summed E-state index contributed by atoms with van der Waals surface area (Å²) in [7, 11) is 0. The molecule has 4 nitrogen and oxygen atoms in total. The molecule has 3 aromatic rings. The molecule has 0 amide bonds. The molecule has 2 aromatic carbocycles. The molecule has 0 atom stereocenters. The van der Waals surface area contributed by atoms with Gasteiger partial charge in [0.25, 0.3) is 0 Å². The Morgan fingerprint density at radius 1 is 0.607 bits per heavy atom. The highest BCUT2D eigenvalue weighted by molar-refractivity contribution is 5.77. The van der Waals surface area contributed by atoms with E-state index in [2.05, 4.69) is 9.97 Å². The average molecular weight is 362 g/mol. The smallest absolute Gasteiger partial charge is 0.177 e. The summed E-state index contributed by atoms with van der Waals surface area (Å²) in [5, 5.41) is 18.5. The van der Waals surface area contributed by atoms with Gasteiger partial charge >= 0.3 is 0 Å². The monoisotopic (exact) mass is 362 g/mol. The van der Waals surface area contributed by atoms with E-state index in [1.54, 1.807) is 0 Å². The van der Waals surface area contributed by atoms with Crippen LogP contribution in [0.3, 0.4) is 0 Å². The molecular formula is C24H18N4. The first-order valence-corrected chi connectivity index (χ1v) is 8.81. The molecule has 0 saturated carbocycles. The van der Waals surface area contributed by atoms with Crippen LogP contribution in [0, 0.1) is 36.5 Å². The van der Waals surface area contributed by atoms with E-state index in [1.165, 1.54) is 11.1 Å². The van der Waals surface area contributed by atoms with E-state index < -0.39 is 0 Å². The number of aromatic nitrogens is 2. The highest BCUT2D eigenvalue weighted by Gasteiger charge is 2.10. The summed E-state index contributed by atoms with van der Waals surface area (Å²) in [6.45, 7) is 4.07. The molecule has 0 aliphatic carbocycles. The molecule has 0 fully saturated rings. The lowest BCUT2D eigenvalue weighted by Gasteiger charge is -2.03. The number of hydrogen-bond acceptors (Lipinski definition) is 4. The van der Waals surface area contributed by atoms with Gasteiger partial charge in [-0.25, -0.2) is 9.97 Å². The second-order valence-electron chi connectivity index (χ2n) is 6.40. The predicted molar refractivity (Wildman–Crippen MR) is 112 cm³/mol. The number of nitriles is 2. The van der Waals surface area contributed by atoms with Crippen molar-refractivity contribution in [2.75, 3.05) is 0 Å². The zero-order valence-corrected chi connectivity index (χ0v) is 15.7. The third kappa shape index (κ3) is 4.58. The fourth-order valence-electron chi connectivity index (χ4n) is 2.57. The van der Waals surface area contributed by atoms with Gasteiger partial charge in [0.1, 0.15) is 12.1 Å². The fourth-order valence-corrected chi connectivity index (χ4v) is 2.57. The van der Waals surface area contributed by atoms with E-state index >= 15 is 0 Å². The number of hydrogen-bond donors (Lipinski definition) is 0. The van der Waals surface area contributed by atoms with Gasteiger partial charge in [-0.2, -0.15) is 10.5 Å². The topological polar surface area (TPSA) is 73.4 Å². The molecule has 1 aromatic heterocycles. The summed E-state index contributed by atoms with van der Waals surface area (Å²) >= 11 is 0. The Kier molecular flexibility index (Phi) is 5.75. The van der Waals surface area contributed by atoms with E-state index in [4.69, 9.17) is 0 Å². The molecule has 1 heterocycles. The molecular weight excluding hydrogens is 344 g/mol. The first kappa shape index (κ1) is 18.8. The normalized spacial score (nSPS) is 10.9. The quantitative estimate of drug-likeness (QED) is 0.641. The average Bonchev–Trinajstić information content (AvgIpc) is 2.72. The van der Waals surface area contributed by atoms with E-state index in [0.717, 1.165) is 11.1 Å². The van der Waals surface area contributed by atoms with Crippen molar-refractivity contribution in [2.45, 2.75) is 13.8 Å². The highest BCUT2D eigenvalue weighted by atomic mass is 14.8. The fraction of sp³-hybridized carbons (Fsp3) is 0.0833. The van der Waals surface area contributed by atoms with Crippen LogP contribution in [0.2, 0.25) is 0 Å². The third-order valence-corrected chi connectivity index (χ3v) is 4.19. The lowest BCUT2D eigenvalue weighted by molar-refractivity contribution is 1.10. The molecule has 3 rings (SSSR count). The van der Waals surface area contributed by atoms with E-state index in [9.17, 15) is 10.5 Å². The second-order valence-corrected chi connectivity index (χ2v) is 6.40. The largest absolute Gasteiger partial charge is 0.232 e. The van der Waals surface area contributed by atoms with Crippen molar-refractivity contribution < 1.29 is 0 Å². The van der Waals surface area contributed by atoms with Crippen molar-refractivity contribution in [2.24, 2.45) is 0 Å². The van der Waals surface area contributed by atoms with Gasteiger partial charge in [-0.3, -0.25) is 0 Å². The maximum atomic E-state index is 9.27. The molecule has 28 heavy (non-hydrogen) atoms. The summed E-state index contributed by atoms with van der Waals surface area (Å²) in [5.41, 5.74) is 5.54. The summed E-state index contributed by atoms with van der Waals surface area (Å²) in [4.78, 5) is 8.67. The van der Waals surface area contributed by atoms with Crippen LogP contribution in [0.5, 0.6) is 0 Å². The Morgan fingerprint density at radius 2 is 0.964 bits per heavy atom. The minimum absolute atomic E-state index is 0.0264. The molecule has 4 heteroatoms. The molecule has 0 aliphatic rings. The molecule has 0 aliphatic heterocycles. The Balaban J connectivity index is 2.01. The maximum Gasteiger partial charge on any atom is 0.177 e. The molecule has 0 saturated heterocycles. The van der Waals surface area contributed by atoms with Crippen LogP contribution >= 0.6 is 0 Å². The summed E-state index contributed by atoms with van der Waals surface area (Å²) in [5.74, 6) is 0. The van der Waals surface area contributed by atoms with Crippen LogP contribution in [-0.2, 0) is 0 Å². The van der Waals surface area contributed by atoms with Crippen molar-refractivity contribution in [1.82, 2.24) is 9.97 Å². The first-order chi connectivity index (χ1) is 13.6. The highest BCUT2D eigenvalue weighted by Crippen LogP contribution is 2.16. The van der Waals surface area contributed by atoms with Crippen molar-refractivity contribution in [3.8, 4) is 12.1 Å². The predicted octanol–water partition coefficient (Wildman–Crippen LogP) is 5.18. The molecule has 0 unspecified atom stereocenters. The lowest BCUT2D eigenvalue weighted by atomic mass is 10.1. The Bertz CT molecular complexity index is 1030. The zero-order chi connectivity index (χ0) is 19.9. The SMILES string of the molecule is Cc1ccc(/C=C/c2nc(C#N)c(C#N)nc2/C=C/c2ccc(C)cc2)cc1. The number of rotatable bonds is 4. The molecule has 0 radical (unpaired) electrons. The maximum absolute atomic E-state index is 9.27. The third-order valence-electron chi connectivity index (χ3n) is 4.19. The van der Waals surface area contributed by atoms with Crippen LogP contribution < -0.4 is 0 Å². The zero-order valence-electron chi connectivity index (χ0n) is 15.7. The summed E-state index contributed by atoms with van der Waals surface area (Å²) in [6.07, 6.45) is 7.46. The first-order valence-electron chi connectivity index (χ1n) is 8.81. The summed E-state index contributed by atoms with van der Waals surface area (Å²) < 4.78 is 0. The van der Waals surface area contributed by atoms with Gasteiger partial charge in [0.2, 0.25) is 0 Å². The molecule has 134 valence electrons. The Morgan fingerprint density at radius 3 is 1.29 bits per heavy atom. The van der Waals surface area contributed by atoms with E-state index in [-0.39, 0.29) is 11.4 Å². The van der Waals surface area contributed by atoms with Gasteiger partial charge in [0.05, 0.1) is 11.4 Å². The van der Waals surface area contributed by atoms with Crippen molar-refractivity contribution >= 4 is 24.3 Å². The van der Waals surface area contributed by atoms with Gasteiger partial charge in [-0.05, 0) is 37.1 Å². The van der Waals surface area contributed by atoms with Crippen molar-refractivity contribution in [1.29, 1.82) is 10.5 Å². The second kappa shape index (κ2) is 8.58. The van der Waals surface area contributed by atoms with Crippen molar-refractivity contribution in [3.05, 3.63) is 93.6 Å². The van der Waals surface area contributed by atoms with Crippen LogP contribution in [0.25, 0.3) is 24.3 Å². The Hall–Kier alpha value is -4.02. The number of aryl methyl sites for hydroxylation is 2. The van der Waals surface area contributed by atoms with Crippen LogP contribution in [0.15, 0.2) is 48.5 Å². The van der Waals surface area contributed by atoms with Gasteiger partial charge in [-0.15, -0.1) is 0 Å². The van der Waals surface area contributed by atoms with Gasteiger partial charge in [0.15, 0.2) is 11.4 Å². The Labute approximate surface area is 164 Å². The van der Waals surface area contributed by atoms with E-state index in [1.807, 2.05) is 98.8 Å². The lowest BCUT2D eigenvalue weighted by Crippen LogP contribution is -2.00. The van der Waals surface area contributed by atoms with Crippen LogP contribution in [0.4, 0.5) is 0 Å². The molecule has 0 bridgehead atoms. The summed E-state index contributed by atoms with van der Waals surface area (Å²) in [6, 6.07) is 20.1. The van der Waals surface area contributed by atoms with Crippen LogP contribution in [0.1, 0.15) is 45.0 Å². The standard InChI is InChI=1S/C24H18N4/c1-17-3-7-19(8-4-17)11-13-21-22(28-24(16-26)23(15-25)27-21)14-12-20-9-5-18(2)6-10-20/h3-14H,1-2H3/b13-11+,14-12+. The van der Waals surface area contributed by atoms with Gasteiger partial charge < -0.3 is 0 Å². The molecule has 0 spiro atoms. The minimum atomic E-state index is 0.0264. The van der Waals surface area contributed by atoms with Gasteiger partial charge in [-0.1, -0.05) is 71.8 Å². The number of benzene rings is 2. The minimum Gasteiger partial charge on any atom is -0.232 e. The number of nitrogens with zero attached hydrogens (tertiary/aromatic N) is 4. The van der Waals surface area contributed by atoms with Gasteiger partial charge in [0, 0.05) is 0 Å². The molecule has 0 N–H and O–H groups in total. The van der Waals surface area contributed by atoms with Crippen LogP contribution in [-0.4, -0.2) is 9.97 Å².